The van der Waals surface area contributed by atoms with E-state index in [1.807, 2.05) is 0 Å². The largest absolute Gasteiger partial charge is 0.479 e. The second-order valence-electron chi connectivity index (χ2n) is 6.05. The second-order valence-corrected chi connectivity index (χ2v) is 6.05. The Balaban J connectivity index is 2.39. The van der Waals surface area contributed by atoms with Crippen LogP contribution in [0.25, 0.3) is 0 Å². The SMILES string of the molecule is CN(C(=O)NCC(O)C(=O)O)C1CCC(C)(C)CC1. The highest BCUT2D eigenvalue weighted by Gasteiger charge is 2.30. The van der Waals surface area contributed by atoms with Crippen molar-refractivity contribution in [2.45, 2.75) is 51.7 Å². The summed E-state index contributed by atoms with van der Waals surface area (Å²) in [7, 11) is 1.71. The number of rotatable bonds is 4. The van der Waals surface area contributed by atoms with E-state index in [-0.39, 0.29) is 18.6 Å². The van der Waals surface area contributed by atoms with Gasteiger partial charge in [0.1, 0.15) is 0 Å². The maximum Gasteiger partial charge on any atom is 0.334 e. The fraction of sp³-hybridized carbons (Fsp3) is 0.846. The second kappa shape index (κ2) is 6.23. The van der Waals surface area contributed by atoms with Gasteiger partial charge in [-0.25, -0.2) is 9.59 Å². The molecule has 1 aliphatic rings. The molecule has 19 heavy (non-hydrogen) atoms. The van der Waals surface area contributed by atoms with Gasteiger partial charge in [0.25, 0.3) is 0 Å². The van der Waals surface area contributed by atoms with E-state index in [9.17, 15) is 9.59 Å². The molecule has 6 nitrogen and oxygen atoms in total. The van der Waals surface area contributed by atoms with Crippen LogP contribution in [0.2, 0.25) is 0 Å². The van der Waals surface area contributed by atoms with Crippen LogP contribution in [0.1, 0.15) is 39.5 Å². The van der Waals surface area contributed by atoms with Gasteiger partial charge in [0, 0.05) is 13.1 Å². The van der Waals surface area contributed by atoms with Crippen LogP contribution in [-0.2, 0) is 4.79 Å². The predicted molar refractivity (Wildman–Crippen MR) is 70.8 cm³/mol. The Bertz CT molecular complexity index is 334. The van der Waals surface area contributed by atoms with Crippen LogP contribution in [0.4, 0.5) is 4.79 Å². The molecule has 0 bridgehead atoms. The number of nitrogens with zero attached hydrogens (tertiary/aromatic N) is 1. The average molecular weight is 272 g/mol. The molecule has 0 aromatic heterocycles. The Morgan fingerprint density at radius 3 is 2.37 bits per heavy atom. The number of nitrogens with one attached hydrogen (secondary N) is 1. The maximum absolute atomic E-state index is 11.8. The van der Waals surface area contributed by atoms with Gasteiger partial charge in [0.15, 0.2) is 6.10 Å². The average Bonchev–Trinajstić information content (AvgIpc) is 2.34. The summed E-state index contributed by atoms with van der Waals surface area (Å²) in [5.74, 6) is -1.33. The Morgan fingerprint density at radius 1 is 1.37 bits per heavy atom. The highest BCUT2D eigenvalue weighted by atomic mass is 16.4. The molecule has 1 aliphatic carbocycles. The zero-order valence-electron chi connectivity index (χ0n) is 11.8. The molecule has 1 rings (SSSR count). The normalized spacial score (nSPS) is 20.6. The molecule has 1 fully saturated rings. The van der Waals surface area contributed by atoms with Crippen molar-refractivity contribution in [3.05, 3.63) is 0 Å². The maximum atomic E-state index is 11.8. The van der Waals surface area contributed by atoms with Crippen LogP contribution in [0, 0.1) is 5.41 Å². The molecule has 3 N–H and O–H groups in total. The Kier molecular flexibility index (Phi) is 5.17. The van der Waals surface area contributed by atoms with E-state index in [1.165, 1.54) is 0 Å². The fourth-order valence-electron chi connectivity index (χ4n) is 2.33. The molecule has 0 aliphatic heterocycles. The number of carboxylic acids is 1. The number of carbonyl (C=O) groups excluding carboxylic acids is 1. The molecule has 0 saturated heterocycles. The van der Waals surface area contributed by atoms with E-state index in [0.29, 0.717) is 5.41 Å². The minimum absolute atomic E-state index is 0.190. The number of hydrogen-bond donors (Lipinski definition) is 3. The number of urea groups is 1. The van der Waals surface area contributed by atoms with E-state index >= 15 is 0 Å². The standard InChI is InChI=1S/C13H24N2O4/c1-13(2)6-4-9(5-7-13)15(3)12(19)14-8-10(16)11(17)18/h9-10,16H,4-8H2,1-3H3,(H,14,19)(H,17,18). The van der Waals surface area contributed by atoms with E-state index in [1.54, 1.807) is 11.9 Å². The van der Waals surface area contributed by atoms with Gasteiger partial charge in [-0.2, -0.15) is 0 Å². The summed E-state index contributed by atoms with van der Waals surface area (Å²) >= 11 is 0. The molecule has 1 unspecified atom stereocenters. The van der Waals surface area contributed by atoms with Gasteiger partial charge < -0.3 is 20.4 Å². The molecule has 2 amide bonds. The van der Waals surface area contributed by atoms with E-state index in [0.717, 1.165) is 25.7 Å². The number of amides is 2. The van der Waals surface area contributed by atoms with E-state index in [2.05, 4.69) is 19.2 Å². The summed E-state index contributed by atoms with van der Waals surface area (Å²) in [6, 6.07) is -0.139. The van der Waals surface area contributed by atoms with Gasteiger partial charge in [0.2, 0.25) is 0 Å². The van der Waals surface area contributed by atoms with Crippen molar-refractivity contribution in [3.63, 3.8) is 0 Å². The van der Waals surface area contributed by atoms with E-state index < -0.39 is 12.1 Å². The minimum Gasteiger partial charge on any atom is -0.479 e. The van der Waals surface area contributed by atoms with E-state index in [4.69, 9.17) is 10.2 Å². The van der Waals surface area contributed by atoms with Gasteiger partial charge in [-0.15, -0.1) is 0 Å². The Labute approximate surface area is 113 Å². The zero-order chi connectivity index (χ0) is 14.6. The highest BCUT2D eigenvalue weighted by molar-refractivity contribution is 5.76. The Morgan fingerprint density at radius 2 is 1.89 bits per heavy atom. The predicted octanol–water partition coefficient (Wildman–Crippen LogP) is 1.04. The molecule has 0 aromatic rings. The van der Waals surface area contributed by atoms with Crippen LogP contribution < -0.4 is 5.32 Å². The van der Waals surface area contributed by atoms with Gasteiger partial charge in [-0.3, -0.25) is 0 Å². The van der Waals surface area contributed by atoms with Crippen molar-refractivity contribution >= 4 is 12.0 Å². The molecule has 1 saturated carbocycles. The van der Waals surface area contributed by atoms with Gasteiger partial charge in [-0.05, 0) is 31.1 Å². The number of aliphatic hydroxyl groups is 1. The summed E-state index contributed by atoms with van der Waals surface area (Å²) in [6.45, 7) is 4.19. The number of aliphatic carboxylic acids is 1. The van der Waals surface area contributed by atoms with Gasteiger partial charge in [-0.1, -0.05) is 13.8 Å². The Hall–Kier alpha value is -1.30. The van der Waals surface area contributed by atoms with Crippen LogP contribution in [-0.4, -0.2) is 52.9 Å². The molecule has 0 aromatic carbocycles. The van der Waals surface area contributed by atoms with Crippen LogP contribution >= 0.6 is 0 Å². The fourth-order valence-corrected chi connectivity index (χ4v) is 2.33. The number of carbonyl (C=O) groups is 2. The summed E-state index contributed by atoms with van der Waals surface area (Å²) in [4.78, 5) is 23.9. The first kappa shape index (κ1) is 15.8. The number of aliphatic hydroxyl groups excluding tert-OH is 1. The van der Waals surface area contributed by atoms with Crippen LogP contribution in [0.3, 0.4) is 0 Å². The first-order valence-corrected chi connectivity index (χ1v) is 6.64. The van der Waals surface area contributed by atoms with Gasteiger partial charge >= 0.3 is 12.0 Å². The molecule has 0 heterocycles. The minimum atomic E-state index is -1.55. The first-order chi connectivity index (χ1) is 8.73. The summed E-state index contributed by atoms with van der Waals surface area (Å²) in [6.07, 6.45) is 2.51. The zero-order valence-corrected chi connectivity index (χ0v) is 11.8. The molecule has 1 atom stereocenters. The van der Waals surface area contributed by atoms with Crippen LogP contribution in [0.15, 0.2) is 0 Å². The van der Waals surface area contributed by atoms with Crippen molar-refractivity contribution in [3.8, 4) is 0 Å². The number of carboxylic acid groups (broad SMARTS) is 1. The lowest BCUT2D eigenvalue weighted by Gasteiger charge is -2.38. The molecule has 6 heteroatoms. The lowest BCUT2D eigenvalue weighted by molar-refractivity contribution is -0.146. The molecular weight excluding hydrogens is 248 g/mol. The highest BCUT2D eigenvalue weighted by Crippen LogP contribution is 2.36. The van der Waals surface area contributed by atoms with Crippen LogP contribution in [0.5, 0.6) is 0 Å². The molecule has 0 spiro atoms. The molecule has 0 radical (unpaired) electrons. The topological polar surface area (TPSA) is 89.9 Å². The summed E-state index contributed by atoms with van der Waals surface area (Å²) < 4.78 is 0. The molecular formula is C13H24N2O4. The third-order valence-corrected chi connectivity index (χ3v) is 3.91. The van der Waals surface area contributed by atoms with Crippen molar-refractivity contribution in [1.29, 1.82) is 0 Å². The summed E-state index contributed by atoms with van der Waals surface area (Å²) in [5.41, 5.74) is 0.341. The van der Waals surface area contributed by atoms with Gasteiger partial charge in [0.05, 0.1) is 6.54 Å². The van der Waals surface area contributed by atoms with Crippen molar-refractivity contribution in [2.24, 2.45) is 5.41 Å². The lowest BCUT2D eigenvalue weighted by Crippen LogP contribution is -2.48. The van der Waals surface area contributed by atoms with Crippen molar-refractivity contribution in [2.75, 3.05) is 13.6 Å². The third-order valence-electron chi connectivity index (χ3n) is 3.91. The summed E-state index contributed by atoms with van der Waals surface area (Å²) in [5, 5.41) is 20.1. The quantitative estimate of drug-likeness (QED) is 0.713. The van der Waals surface area contributed by atoms with Crippen molar-refractivity contribution < 1.29 is 19.8 Å². The monoisotopic (exact) mass is 272 g/mol. The lowest BCUT2D eigenvalue weighted by atomic mass is 9.75. The third kappa shape index (κ3) is 4.70. The smallest absolute Gasteiger partial charge is 0.334 e. The molecule has 110 valence electrons. The number of hydrogen-bond acceptors (Lipinski definition) is 3. The first-order valence-electron chi connectivity index (χ1n) is 6.64. The van der Waals surface area contributed by atoms with Crippen molar-refractivity contribution in [1.82, 2.24) is 10.2 Å².